The lowest BCUT2D eigenvalue weighted by atomic mass is 9.77. The van der Waals surface area contributed by atoms with Crippen LogP contribution in [0.4, 0.5) is 0 Å². The summed E-state index contributed by atoms with van der Waals surface area (Å²) in [5, 5.41) is 5.88. The van der Waals surface area contributed by atoms with E-state index in [1.54, 1.807) is 6.08 Å². The zero-order valence-corrected chi connectivity index (χ0v) is 13.9. The van der Waals surface area contributed by atoms with Gasteiger partial charge in [-0.1, -0.05) is 36.4 Å². The maximum atomic E-state index is 12.7. The minimum absolute atomic E-state index is 0.206. The Bertz CT molecular complexity index is 782. The SMILES string of the molecule is C=CC1(NC(=O)C2=C(OCc3ccccc3)C(=C=O)C=CN2)CCC1. The first kappa shape index (κ1) is 16.8. The summed E-state index contributed by atoms with van der Waals surface area (Å²) in [6.07, 6.45) is 7.62. The molecule has 1 fully saturated rings. The summed E-state index contributed by atoms with van der Waals surface area (Å²) in [5.74, 6) is 1.72. The highest BCUT2D eigenvalue weighted by molar-refractivity contribution is 5.96. The van der Waals surface area contributed by atoms with Gasteiger partial charge in [0.05, 0.1) is 5.54 Å². The van der Waals surface area contributed by atoms with Crippen molar-refractivity contribution in [1.29, 1.82) is 0 Å². The number of hydrogen-bond donors (Lipinski definition) is 2. The normalized spacial score (nSPS) is 17.8. The first-order valence-corrected chi connectivity index (χ1v) is 8.23. The summed E-state index contributed by atoms with van der Waals surface area (Å²) in [4.78, 5) is 24.0. The quantitative estimate of drug-likeness (QED) is 0.619. The Kier molecular flexibility index (Phi) is 4.87. The van der Waals surface area contributed by atoms with Gasteiger partial charge in [0.2, 0.25) is 0 Å². The molecule has 0 spiro atoms. The van der Waals surface area contributed by atoms with E-state index in [1.807, 2.05) is 36.3 Å². The van der Waals surface area contributed by atoms with E-state index in [2.05, 4.69) is 17.2 Å². The minimum Gasteiger partial charge on any atom is -0.485 e. The maximum absolute atomic E-state index is 12.7. The lowest BCUT2D eigenvalue weighted by Crippen LogP contribution is -2.53. The molecule has 0 aromatic heterocycles. The zero-order valence-electron chi connectivity index (χ0n) is 13.9. The number of dihydropyridines is 1. The first-order valence-electron chi connectivity index (χ1n) is 8.23. The summed E-state index contributed by atoms with van der Waals surface area (Å²) in [6.45, 7) is 4.07. The number of amides is 1. The van der Waals surface area contributed by atoms with Crippen molar-refractivity contribution >= 4 is 11.8 Å². The molecule has 1 aliphatic heterocycles. The lowest BCUT2D eigenvalue weighted by molar-refractivity contribution is -0.120. The van der Waals surface area contributed by atoms with E-state index in [-0.39, 0.29) is 35.1 Å². The highest BCUT2D eigenvalue weighted by Gasteiger charge is 2.37. The van der Waals surface area contributed by atoms with Gasteiger partial charge in [-0.25, -0.2) is 4.79 Å². The monoisotopic (exact) mass is 336 g/mol. The Morgan fingerprint density at radius 3 is 2.72 bits per heavy atom. The second-order valence-electron chi connectivity index (χ2n) is 6.14. The fraction of sp³-hybridized carbons (Fsp3) is 0.250. The Labute approximate surface area is 146 Å². The van der Waals surface area contributed by atoms with Gasteiger partial charge in [0.25, 0.3) is 5.91 Å². The van der Waals surface area contributed by atoms with Gasteiger partial charge in [-0.15, -0.1) is 6.58 Å². The molecule has 1 aromatic carbocycles. The summed E-state index contributed by atoms with van der Waals surface area (Å²) >= 11 is 0. The van der Waals surface area contributed by atoms with Crippen molar-refractivity contribution < 1.29 is 14.3 Å². The van der Waals surface area contributed by atoms with Crippen molar-refractivity contribution in [3.8, 4) is 0 Å². The average molecular weight is 336 g/mol. The molecule has 1 saturated carbocycles. The van der Waals surface area contributed by atoms with E-state index in [0.29, 0.717) is 0 Å². The highest BCUT2D eigenvalue weighted by atomic mass is 16.5. The lowest BCUT2D eigenvalue weighted by Gasteiger charge is -2.40. The van der Waals surface area contributed by atoms with Gasteiger partial charge in [-0.05, 0) is 30.9 Å². The topological polar surface area (TPSA) is 67.4 Å². The smallest absolute Gasteiger partial charge is 0.272 e. The Balaban J connectivity index is 1.82. The van der Waals surface area contributed by atoms with Gasteiger partial charge in [0, 0.05) is 6.20 Å². The molecule has 1 aliphatic carbocycles. The molecule has 128 valence electrons. The maximum Gasteiger partial charge on any atom is 0.272 e. The molecular weight excluding hydrogens is 316 g/mol. The molecule has 0 saturated heterocycles. The molecule has 25 heavy (non-hydrogen) atoms. The van der Waals surface area contributed by atoms with Gasteiger partial charge in [0.15, 0.2) is 5.76 Å². The molecular formula is C20H20N2O3. The number of carbonyl (C=O) groups excluding carboxylic acids is 2. The van der Waals surface area contributed by atoms with Crippen LogP contribution in [0.15, 0.2) is 72.3 Å². The Hall–Kier alpha value is -3.04. The molecule has 0 atom stereocenters. The Morgan fingerprint density at radius 1 is 1.36 bits per heavy atom. The van der Waals surface area contributed by atoms with Crippen LogP contribution in [-0.2, 0) is 20.9 Å². The van der Waals surface area contributed by atoms with Crippen LogP contribution in [-0.4, -0.2) is 17.4 Å². The number of carbonyl (C=O) groups is 1. The van der Waals surface area contributed by atoms with Gasteiger partial charge < -0.3 is 15.4 Å². The fourth-order valence-corrected chi connectivity index (χ4v) is 2.84. The average Bonchev–Trinajstić information content (AvgIpc) is 2.63. The first-order chi connectivity index (χ1) is 12.2. The van der Waals surface area contributed by atoms with Gasteiger partial charge in [-0.2, -0.15) is 0 Å². The largest absolute Gasteiger partial charge is 0.485 e. The van der Waals surface area contributed by atoms with Crippen LogP contribution in [0.3, 0.4) is 0 Å². The third kappa shape index (κ3) is 3.57. The van der Waals surface area contributed by atoms with Crippen LogP contribution >= 0.6 is 0 Å². The van der Waals surface area contributed by atoms with Gasteiger partial charge in [0.1, 0.15) is 23.8 Å². The minimum atomic E-state index is -0.372. The summed E-state index contributed by atoms with van der Waals surface area (Å²) in [7, 11) is 0. The summed E-state index contributed by atoms with van der Waals surface area (Å²) in [5.41, 5.74) is 0.991. The van der Waals surface area contributed by atoms with Gasteiger partial charge >= 0.3 is 0 Å². The molecule has 1 heterocycles. The van der Waals surface area contributed by atoms with E-state index in [1.165, 1.54) is 12.3 Å². The zero-order chi connectivity index (χ0) is 17.7. The van der Waals surface area contributed by atoms with Crippen LogP contribution < -0.4 is 10.6 Å². The molecule has 0 bridgehead atoms. The Morgan fingerprint density at radius 2 is 2.12 bits per heavy atom. The van der Waals surface area contributed by atoms with Crippen LogP contribution in [0.1, 0.15) is 24.8 Å². The number of allylic oxidation sites excluding steroid dienone is 1. The molecule has 0 radical (unpaired) electrons. The molecule has 2 aliphatic rings. The number of nitrogens with one attached hydrogen (secondary N) is 2. The fourth-order valence-electron chi connectivity index (χ4n) is 2.84. The van der Waals surface area contributed by atoms with E-state index in [0.717, 1.165) is 24.8 Å². The third-order valence-electron chi connectivity index (χ3n) is 4.51. The van der Waals surface area contributed by atoms with Crippen LogP contribution in [0, 0.1) is 0 Å². The second kappa shape index (κ2) is 7.24. The van der Waals surface area contributed by atoms with Crippen molar-refractivity contribution in [2.75, 3.05) is 0 Å². The van der Waals surface area contributed by atoms with E-state index in [4.69, 9.17) is 4.74 Å². The van der Waals surface area contributed by atoms with Crippen LogP contribution in [0.25, 0.3) is 0 Å². The predicted molar refractivity (Wildman–Crippen MR) is 94.7 cm³/mol. The standard InChI is InChI=1S/C20H20N2O3/c1-2-20(10-6-11-20)22-19(24)17-18(16(13-23)9-12-21-17)25-14-15-7-4-3-5-8-15/h2-5,7-9,12,21H,1,6,10-11,14H2,(H,22,24). The van der Waals surface area contributed by atoms with E-state index >= 15 is 0 Å². The molecule has 3 rings (SSSR count). The highest BCUT2D eigenvalue weighted by Crippen LogP contribution is 2.33. The van der Waals surface area contributed by atoms with E-state index in [9.17, 15) is 9.59 Å². The second-order valence-corrected chi connectivity index (χ2v) is 6.14. The molecule has 0 unspecified atom stereocenters. The molecule has 1 aromatic rings. The molecule has 5 nitrogen and oxygen atoms in total. The van der Waals surface area contributed by atoms with Crippen molar-refractivity contribution in [2.24, 2.45) is 0 Å². The number of rotatable bonds is 6. The van der Waals surface area contributed by atoms with Crippen LogP contribution in [0.2, 0.25) is 0 Å². The summed E-state index contributed by atoms with van der Waals surface area (Å²) < 4.78 is 5.79. The van der Waals surface area contributed by atoms with E-state index < -0.39 is 0 Å². The third-order valence-corrected chi connectivity index (χ3v) is 4.51. The molecule has 2 N–H and O–H groups in total. The number of benzene rings is 1. The number of ether oxygens (including phenoxy) is 1. The molecule has 5 heteroatoms. The van der Waals surface area contributed by atoms with Gasteiger partial charge in [-0.3, -0.25) is 4.79 Å². The van der Waals surface area contributed by atoms with Crippen molar-refractivity contribution in [1.82, 2.24) is 10.6 Å². The van der Waals surface area contributed by atoms with Crippen LogP contribution in [0.5, 0.6) is 0 Å². The number of hydrogen-bond acceptors (Lipinski definition) is 4. The molecule has 1 amide bonds. The van der Waals surface area contributed by atoms with Crippen molar-refractivity contribution in [3.05, 3.63) is 77.9 Å². The summed E-state index contributed by atoms with van der Waals surface area (Å²) in [6, 6.07) is 9.55. The van der Waals surface area contributed by atoms with Crippen molar-refractivity contribution in [2.45, 2.75) is 31.4 Å². The van der Waals surface area contributed by atoms with Crippen molar-refractivity contribution in [3.63, 3.8) is 0 Å². The predicted octanol–water partition coefficient (Wildman–Crippen LogP) is 2.51.